The summed E-state index contributed by atoms with van der Waals surface area (Å²) in [6, 6.07) is 9.94. The van der Waals surface area contributed by atoms with Gasteiger partial charge < -0.3 is 25.3 Å². The number of hydrogen-bond acceptors (Lipinski definition) is 6. The van der Waals surface area contributed by atoms with E-state index in [1.165, 1.54) is 6.92 Å². The predicted molar refractivity (Wildman–Crippen MR) is 114 cm³/mol. The Labute approximate surface area is 179 Å². The quantitative estimate of drug-likeness (QED) is 0.507. The van der Waals surface area contributed by atoms with Crippen LogP contribution in [-0.2, 0) is 19.2 Å². The molecule has 0 radical (unpaired) electrons. The summed E-state index contributed by atoms with van der Waals surface area (Å²) in [5.41, 5.74) is 1.10. The Morgan fingerprint density at radius 1 is 1.10 bits per heavy atom. The van der Waals surface area contributed by atoms with Gasteiger partial charge in [0.2, 0.25) is 11.8 Å². The number of carboxylic acids is 2. The van der Waals surface area contributed by atoms with Gasteiger partial charge in [-0.2, -0.15) is 0 Å². The normalized spacial score (nSPS) is 17.2. The minimum absolute atomic E-state index is 0.167. The molecule has 10 heteroatoms. The fourth-order valence-electron chi connectivity index (χ4n) is 2.88. The molecular weight excluding hydrogens is 410 g/mol. The zero-order chi connectivity index (χ0) is 22.1. The first-order valence-corrected chi connectivity index (χ1v) is 10.7. The molecule has 3 N–H and O–H groups in total. The van der Waals surface area contributed by atoms with Crippen LogP contribution < -0.4 is 10.2 Å². The number of nitrogens with one attached hydrogen (secondary N) is 1. The molecule has 1 aromatic carbocycles. The highest BCUT2D eigenvalue weighted by Gasteiger charge is 2.30. The van der Waals surface area contributed by atoms with Crippen molar-refractivity contribution in [2.24, 2.45) is 5.92 Å². The van der Waals surface area contributed by atoms with E-state index in [0.717, 1.165) is 17.4 Å². The Bertz CT molecular complexity index is 746. The molecule has 2 unspecified atom stereocenters. The number of rotatable bonds is 8. The van der Waals surface area contributed by atoms with Crippen LogP contribution in [0.15, 0.2) is 30.3 Å². The lowest BCUT2D eigenvalue weighted by molar-refractivity contribution is -0.144. The number of hydrogen-bond donors (Lipinski definition) is 3. The van der Waals surface area contributed by atoms with Gasteiger partial charge in [0, 0.05) is 37.6 Å². The topological polar surface area (TPSA) is 137 Å². The molecule has 2 saturated heterocycles. The number of piperazine rings is 1. The van der Waals surface area contributed by atoms with E-state index in [9.17, 15) is 19.2 Å². The minimum atomic E-state index is -1.05. The molecule has 0 saturated carbocycles. The Kier molecular flexibility index (Phi) is 8.97. The molecule has 0 aromatic heterocycles. The smallest absolute Gasteiger partial charge is 0.316 e. The van der Waals surface area contributed by atoms with Crippen molar-refractivity contribution in [2.45, 2.75) is 18.6 Å². The monoisotopic (exact) mass is 437 g/mol. The van der Waals surface area contributed by atoms with Crippen LogP contribution >= 0.6 is 11.8 Å². The van der Waals surface area contributed by atoms with Crippen molar-refractivity contribution in [1.29, 1.82) is 0 Å². The lowest BCUT2D eigenvalue weighted by Crippen LogP contribution is -2.51. The van der Waals surface area contributed by atoms with Crippen molar-refractivity contribution in [1.82, 2.24) is 10.2 Å². The van der Waals surface area contributed by atoms with Crippen molar-refractivity contribution in [3.05, 3.63) is 30.3 Å². The van der Waals surface area contributed by atoms with Crippen molar-refractivity contribution in [3.8, 4) is 0 Å². The molecule has 0 spiro atoms. The first-order valence-electron chi connectivity index (χ1n) is 9.69. The van der Waals surface area contributed by atoms with E-state index in [0.29, 0.717) is 32.7 Å². The number of carboxylic acid groups (broad SMARTS) is 2. The number of aliphatic carboxylic acids is 2. The van der Waals surface area contributed by atoms with Crippen LogP contribution in [0, 0.1) is 5.92 Å². The summed E-state index contributed by atoms with van der Waals surface area (Å²) < 4.78 is 0. The molecule has 30 heavy (non-hydrogen) atoms. The average molecular weight is 438 g/mol. The number of nitrogens with zero attached hydrogens (tertiary/aromatic N) is 2. The Balaban J connectivity index is 0.000000713. The summed E-state index contributed by atoms with van der Waals surface area (Å²) in [4.78, 5) is 48.1. The summed E-state index contributed by atoms with van der Waals surface area (Å²) in [6.45, 7) is 4.57. The first kappa shape index (κ1) is 23.5. The molecule has 9 nitrogen and oxygen atoms in total. The van der Waals surface area contributed by atoms with Crippen molar-refractivity contribution in [3.63, 3.8) is 0 Å². The third kappa shape index (κ3) is 7.94. The fraction of sp³-hybridized carbons (Fsp3) is 0.500. The molecule has 2 fully saturated rings. The molecular formula is C20H27N3O6S. The molecule has 2 heterocycles. The second kappa shape index (κ2) is 11.4. The van der Waals surface area contributed by atoms with Crippen molar-refractivity contribution >= 4 is 41.2 Å². The number of carbonyl (C=O) groups is 4. The van der Waals surface area contributed by atoms with E-state index in [1.807, 2.05) is 30.3 Å². The molecule has 2 atom stereocenters. The van der Waals surface area contributed by atoms with Gasteiger partial charge in [-0.05, 0) is 19.1 Å². The van der Waals surface area contributed by atoms with Gasteiger partial charge in [-0.3, -0.25) is 19.2 Å². The van der Waals surface area contributed by atoms with Crippen LogP contribution in [0.2, 0.25) is 0 Å². The van der Waals surface area contributed by atoms with Gasteiger partial charge in [0.05, 0.1) is 24.1 Å². The van der Waals surface area contributed by atoms with E-state index in [-0.39, 0.29) is 24.0 Å². The second-order valence-corrected chi connectivity index (χ2v) is 8.41. The van der Waals surface area contributed by atoms with Crippen molar-refractivity contribution < 1.29 is 29.4 Å². The zero-order valence-corrected chi connectivity index (χ0v) is 17.6. The van der Waals surface area contributed by atoms with Crippen LogP contribution in [0.4, 0.5) is 5.69 Å². The largest absolute Gasteiger partial charge is 0.481 e. The number of benzene rings is 1. The van der Waals surface area contributed by atoms with E-state index >= 15 is 0 Å². The Morgan fingerprint density at radius 2 is 1.67 bits per heavy atom. The van der Waals surface area contributed by atoms with Crippen LogP contribution in [0.1, 0.15) is 13.3 Å². The second-order valence-electron chi connectivity index (χ2n) is 7.03. The minimum Gasteiger partial charge on any atom is -0.481 e. The van der Waals surface area contributed by atoms with Gasteiger partial charge in [0.1, 0.15) is 0 Å². The Hall–Kier alpha value is -2.75. The lowest BCUT2D eigenvalue weighted by Gasteiger charge is -2.37. The van der Waals surface area contributed by atoms with Crippen LogP contribution in [-0.4, -0.2) is 82.6 Å². The number of carbonyl (C=O) groups excluding carboxylic acids is 2. The highest BCUT2D eigenvalue weighted by Crippen LogP contribution is 2.22. The molecule has 0 bridgehead atoms. The maximum Gasteiger partial charge on any atom is 0.316 e. The summed E-state index contributed by atoms with van der Waals surface area (Å²) in [7, 11) is 0. The van der Waals surface area contributed by atoms with Gasteiger partial charge in [0.25, 0.3) is 0 Å². The van der Waals surface area contributed by atoms with Gasteiger partial charge in [0.15, 0.2) is 0 Å². The highest BCUT2D eigenvalue weighted by molar-refractivity contribution is 8.00. The molecule has 2 aliphatic rings. The van der Waals surface area contributed by atoms with E-state index in [4.69, 9.17) is 10.2 Å². The average Bonchev–Trinajstić information content (AvgIpc) is 3.53. The number of amides is 2. The van der Waals surface area contributed by atoms with Crippen LogP contribution in [0.3, 0.4) is 0 Å². The van der Waals surface area contributed by atoms with E-state index < -0.39 is 23.1 Å². The predicted octanol–water partition coefficient (Wildman–Crippen LogP) is 0.749. The lowest BCUT2D eigenvalue weighted by atomic mass is 10.1. The van der Waals surface area contributed by atoms with Crippen molar-refractivity contribution in [2.75, 3.05) is 43.4 Å². The number of thioether (sulfide) groups is 1. The Morgan fingerprint density at radius 3 is 2.13 bits per heavy atom. The SMILES string of the molecule is CC(SCC(CC(=O)O)C(=O)N1CCN(c2ccccc2)CC1)C(=O)O.O=C1CN1. The molecule has 3 rings (SSSR count). The van der Waals surface area contributed by atoms with E-state index in [2.05, 4.69) is 10.2 Å². The number of anilines is 1. The van der Waals surface area contributed by atoms with Gasteiger partial charge in [-0.25, -0.2) is 0 Å². The molecule has 0 aliphatic carbocycles. The fourth-order valence-corrected chi connectivity index (χ4v) is 3.80. The van der Waals surface area contributed by atoms with Gasteiger partial charge in [-0.1, -0.05) is 18.2 Å². The van der Waals surface area contributed by atoms with Gasteiger partial charge >= 0.3 is 11.9 Å². The summed E-state index contributed by atoms with van der Waals surface area (Å²) >= 11 is 1.10. The third-order valence-corrected chi connectivity index (χ3v) is 6.00. The summed E-state index contributed by atoms with van der Waals surface area (Å²) in [5, 5.41) is 19.8. The summed E-state index contributed by atoms with van der Waals surface area (Å²) in [5.74, 6) is -2.56. The molecule has 2 amide bonds. The maximum atomic E-state index is 12.7. The summed E-state index contributed by atoms with van der Waals surface area (Å²) in [6.07, 6.45) is -0.281. The zero-order valence-electron chi connectivity index (χ0n) is 16.8. The molecule has 2 aliphatic heterocycles. The highest BCUT2D eigenvalue weighted by atomic mass is 32.2. The number of para-hydroxylation sites is 1. The third-order valence-electron chi connectivity index (χ3n) is 4.70. The van der Waals surface area contributed by atoms with Crippen LogP contribution in [0.5, 0.6) is 0 Å². The molecule has 1 aromatic rings. The van der Waals surface area contributed by atoms with Gasteiger partial charge in [-0.15, -0.1) is 11.8 Å². The van der Waals surface area contributed by atoms with Crippen LogP contribution in [0.25, 0.3) is 0 Å². The van der Waals surface area contributed by atoms with E-state index in [1.54, 1.807) is 4.90 Å². The molecule has 164 valence electrons. The maximum absolute atomic E-state index is 12.7. The first-order chi connectivity index (χ1) is 14.3. The standard InChI is InChI=1S/C18H24N2O5S.C2H3NO/c1-13(18(24)25)26-12-14(11-16(21)22)17(23)20-9-7-19(8-10-20)15-5-3-2-4-6-15;4-2-1-3-2/h2-6,13-14H,7-12H2,1H3,(H,21,22)(H,24,25);1H2,(H,3,4).